The lowest BCUT2D eigenvalue weighted by Gasteiger charge is -2.44. The molecule has 1 spiro atoms. The molecular formula is C24H22FNO2. The first-order valence-electron chi connectivity index (χ1n) is 9.83. The molecule has 3 nitrogen and oxygen atoms in total. The molecule has 1 saturated heterocycles. The van der Waals surface area contributed by atoms with Gasteiger partial charge in [0.15, 0.2) is 5.78 Å². The lowest BCUT2D eigenvalue weighted by atomic mass is 9.81. The van der Waals surface area contributed by atoms with Crippen molar-refractivity contribution >= 4 is 16.6 Å². The van der Waals surface area contributed by atoms with E-state index in [1.54, 1.807) is 0 Å². The maximum atomic E-state index is 13.1. The van der Waals surface area contributed by atoms with Gasteiger partial charge < -0.3 is 4.74 Å². The number of carbonyl (C=O) groups excluding carboxylic acids is 1. The zero-order chi connectivity index (χ0) is 19.1. The lowest BCUT2D eigenvalue weighted by Crippen LogP contribution is -2.50. The van der Waals surface area contributed by atoms with Crippen LogP contribution in [-0.2, 0) is 6.54 Å². The van der Waals surface area contributed by atoms with E-state index in [1.165, 1.54) is 12.1 Å². The van der Waals surface area contributed by atoms with Crippen molar-refractivity contribution in [1.82, 2.24) is 4.90 Å². The third-order valence-electron chi connectivity index (χ3n) is 6.07. The van der Waals surface area contributed by atoms with Gasteiger partial charge in [-0.3, -0.25) is 9.69 Å². The number of carbonyl (C=O) groups is 1. The van der Waals surface area contributed by atoms with Crippen LogP contribution in [0.2, 0.25) is 0 Å². The van der Waals surface area contributed by atoms with Crippen molar-refractivity contribution in [3.8, 4) is 5.75 Å². The van der Waals surface area contributed by atoms with Gasteiger partial charge in [0.05, 0.1) is 12.0 Å². The van der Waals surface area contributed by atoms with Crippen molar-refractivity contribution in [3.63, 3.8) is 0 Å². The molecule has 142 valence electrons. The molecule has 0 radical (unpaired) electrons. The Kier molecular flexibility index (Phi) is 4.17. The van der Waals surface area contributed by atoms with Crippen LogP contribution in [0, 0.1) is 5.82 Å². The van der Waals surface area contributed by atoms with Gasteiger partial charge in [-0.1, -0.05) is 42.5 Å². The Morgan fingerprint density at radius 2 is 1.71 bits per heavy atom. The molecule has 0 saturated carbocycles. The van der Waals surface area contributed by atoms with Gasteiger partial charge in [-0.15, -0.1) is 0 Å². The van der Waals surface area contributed by atoms with Gasteiger partial charge in [-0.25, -0.2) is 4.39 Å². The average molecular weight is 375 g/mol. The number of halogens is 1. The Hall–Kier alpha value is -2.72. The SMILES string of the molecule is O=C1CC2(CCN(Cc3ccc(F)cc3)CC2)Oc2c1ccc1ccccc21. The van der Waals surface area contributed by atoms with Crippen LogP contribution in [-0.4, -0.2) is 29.4 Å². The Morgan fingerprint density at radius 3 is 2.50 bits per heavy atom. The molecule has 2 aliphatic heterocycles. The van der Waals surface area contributed by atoms with Gasteiger partial charge in [0.2, 0.25) is 0 Å². The molecule has 2 aliphatic rings. The first-order chi connectivity index (χ1) is 13.6. The van der Waals surface area contributed by atoms with E-state index in [4.69, 9.17) is 4.74 Å². The quantitative estimate of drug-likeness (QED) is 0.633. The number of hydrogen-bond donors (Lipinski definition) is 0. The molecule has 28 heavy (non-hydrogen) atoms. The van der Waals surface area contributed by atoms with E-state index in [0.29, 0.717) is 12.0 Å². The molecule has 0 amide bonds. The summed E-state index contributed by atoms with van der Waals surface area (Å²) in [6.07, 6.45) is 2.09. The third-order valence-corrected chi connectivity index (χ3v) is 6.07. The Balaban J connectivity index is 1.36. The topological polar surface area (TPSA) is 29.5 Å². The molecule has 0 N–H and O–H groups in total. The fraction of sp³-hybridized carbons (Fsp3) is 0.292. The number of fused-ring (bicyclic) bond motifs is 3. The minimum Gasteiger partial charge on any atom is -0.485 e. The van der Waals surface area contributed by atoms with Crippen LogP contribution in [0.3, 0.4) is 0 Å². The van der Waals surface area contributed by atoms with Crippen LogP contribution in [0.5, 0.6) is 5.75 Å². The number of Topliss-reactive ketones (excluding diaryl/α,β-unsaturated/α-hetero) is 1. The first kappa shape index (κ1) is 17.4. The molecule has 4 heteroatoms. The van der Waals surface area contributed by atoms with Crippen LogP contribution in [0.25, 0.3) is 10.8 Å². The van der Waals surface area contributed by atoms with Crippen molar-refractivity contribution in [2.45, 2.75) is 31.4 Å². The summed E-state index contributed by atoms with van der Waals surface area (Å²) in [5, 5.41) is 2.11. The Bertz CT molecular complexity index is 1040. The highest BCUT2D eigenvalue weighted by molar-refractivity contribution is 6.06. The van der Waals surface area contributed by atoms with Crippen molar-refractivity contribution < 1.29 is 13.9 Å². The summed E-state index contributed by atoms with van der Waals surface area (Å²) < 4.78 is 19.7. The van der Waals surface area contributed by atoms with Crippen LogP contribution < -0.4 is 4.74 Å². The van der Waals surface area contributed by atoms with Crippen LogP contribution in [0.4, 0.5) is 4.39 Å². The number of hydrogen-bond acceptors (Lipinski definition) is 3. The molecule has 0 aliphatic carbocycles. The number of nitrogens with zero attached hydrogens (tertiary/aromatic N) is 1. The maximum absolute atomic E-state index is 13.1. The summed E-state index contributed by atoms with van der Waals surface area (Å²) in [5.74, 6) is 0.724. The van der Waals surface area contributed by atoms with E-state index in [1.807, 2.05) is 42.5 Å². The van der Waals surface area contributed by atoms with Gasteiger partial charge in [0, 0.05) is 37.9 Å². The summed E-state index contributed by atoms with van der Waals surface area (Å²) in [5.41, 5.74) is 1.40. The van der Waals surface area contributed by atoms with Crippen molar-refractivity contribution in [1.29, 1.82) is 0 Å². The van der Waals surface area contributed by atoms with Gasteiger partial charge in [0.25, 0.3) is 0 Å². The van der Waals surface area contributed by atoms with Crippen LogP contribution in [0.15, 0.2) is 60.7 Å². The largest absolute Gasteiger partial charge is 0.485 e. The van der Waals surface area contributed by atoms with Crippen molar-refractivity contribution in [2.75, 3.05) is 13.1 Å². The molecule has 0 atom stereocenters. The molecule has 1 fully saturated rings. The number of piperidine rings is 1. The highest BCUT2D eigenvalue weighted by atomic mass is 19.1. The smallest absolute Gasteiger partial charge is 0.170 e. The minimum atomic E-state index is -0.409. The summed E-state index contributed by atoms with van der Waals surface area (Å²) in [7, 11) is 0. The second-order valence-corrected chi connectivity index (χ2v) is 7.95. The third kappa shape index (κ3) is 3.08. The highest BCUT2D eigenvalue weighted by Crippen LogP contribution is 2.43. The average Bonchev–Trinajstić information content (AvgIpc) is 2.71. The number of ketones is 1. The predicted octanol–water partition coefficient (Wildman–Crippen LogP) is 4.98. The summed E-state index contributed by atoms with van der Waals surface area (Å²) in [6.45, 7) is 2.53. The highest BCUT2D eigenvalue weighted by Gasteiger charge is 2.43. The molecule has 0 unspecified atom stereocenters. The second-order valence-electron chi connectivity index (χ2n) is 7.95. The fourth-order valence-electron chi connectivity index (χ4n) is 4.46. The fourth-order valence-corrected chi connectivity index (χ4v) is 4.46. The Morgan fingerprint density at radius 1 is 0.964 bits per heavy atom. The van der Waals surface area contributed by atoms with E-state index in [9.17, 15) is 9.18 Å². The number of likely N-dealkylation sites (tertiary alicyclic amines) is 1. The summed E-state index contributed by atoms with van der Waals surface area (Å²) in [6, 6.07) is 18.7. The number of ether oxygens (including phenoxy) is 1. The molecule has 0 aromatic heterocycles. The van der Waals surface area contributed by atoms with Crippen molar-refractivity contribution in [2.24, 2.45) is 0 Å². The molecule has 3 aromatic carbocycles. The lowest BCUT2D eigenvalue weighted by molar-refractivity contribution is -0.00962. The van der Waals surface area contributed by atoms with Gasteiger partial charge >= 0.3 is 0 Å². The normalized spacial score (nSPS) is 18.8. The molecule has 2 heterocycles. The van der Waals surface area contributed by atoms with E-state index >= 15 is 0 Å². The summed E-state index contributed by atoms with van der Waals surface area (Å²) in [4.78, 5) is 15.2. The second kappa shape index (κ2) is 6.71. The van der Waals surface area contributed by atoms with E-state index in [-0.39, 0.29) is 11.6 Å². The maximum Gasteiger partial charge on any atom is 0.170 e. The molecule has 0 bridgehead atoms. The zero-order valence-electron chi connectivity index (χ0n) is 15.7. The van der Waals surface area contributed by atoms with E-state index in [2.05, 4.69) is 11.0 Å². The van der Waals surface area contributed by atoms with E-state index < -0.39 is 5.60 Å². The minimum absolute atomic E-state index is 0.180. The van der Waals surface area contributed by atoms with Gasteiger partial charge in [-0.2, -0.15) is 0 Å². The summed E-state index contributed by atoms with van der Waals surface area (Å²) >= 11 is 0. The van der Waals surface area contributed by atoms with Crippen LogP contribution >= 0.6 is 0 Å². The Labute approximate surface area is 163 Å². The van der Waals surface area contributed by atoms with Crippen LogP contribution in [0.1, 0.15) is 35.2 Å². The number of benzene rings is 3. The van der Waals surface area contributed by atoms with Crippen molar-refractivity contribution in [3.05, 3.63) is 77.6 Å². The standard InChI is InChI=1S/C24H22FNO2/c25-19-8-5-17(6-9-19)16-26-13-11-24(12-14-26)15-22(27)21-10-7-18-3-1-2-4-20(18)23(21)28-24/h1-10H,11-16H2. The predicted molar refractivity (Wildman–Crippen MR) is 107 cm³/mol. The van der Waals surface area contributed by atoms with E-state index in [0.717, 1.165) is 54.6 Å². The molecule has 5 rings (SSSR count). The molecule has 3 aromatic rings. The van der Waals surface area contributed by atoms with Gasteiger partial charge in [-0.05, 0) is 29.1 Å². The monoisotopic (exact) mass is 375 g/mol. The number of rotatable bonds is 2. The molecular weight excluding hydrogens is 353 g/mol. The van der Waals surface area contributed by atoms with Gasteiger partial charge in [0.1, 0.15) is 17.2 Å². The zero-order valence-corrected chi connectivity index (χ0v) is 15.7. The first-order valence-corrected chi connectivity index (χ1v) is 9.83.